The molecule has 1 heterocycles. The lowest BCUT2D eigenvalue weighted by molar-refractivity contribution is 0.539. The topological polar surface area (TPSA) is 58.2 Å². The van der Waals surface area contributed by atoms with E-state index in [1.54, 1.807) is 0 Å². The third-order valence-electron chi connectivity index (χ3n) is 4.85. The Bertz CT molecular complexity index is 819. The predicted octanol–water partition coefficient (Wildman–Crippen LogP) is 3.34. The maximum atomic E-state index is 11.9. The summed E-state index contributed by atoms with van der Waals surface area (Å²) in [7, 11) is -3.19. The highest BCUT2D eigenvalue weighted by Gasteiger charge is 2.19. The summed E-state index contributed by atoms with van der Waals surface area (Å²) >= 11 is 0. The fraction of sp³-hybridized carbons (Fsp3) is 0.429. The van der Waals surface area contributed by atoms with Gasteiger partial charge in [0.05, 0.1) is 5.75 Å². The molecule has 1 aliphatic rings. The van der Waals surface area contributed by atoms with Crippen molar-refractivity contribution in [3.05, 3.63) is 70.8 Å². The zero-order valence-electron chi connectivity index (χ0n) is 15.4. The maximum Gasteiger partial charge on any atom is 0.211 e. The lowest BCUT2D eigenvalue weighted by Gasteiger charge is -2.20. The first-order chi connectivity index (χ1) is 12.6. The van der Waals surface area contributed by atoms with Crippen molar-refractivity contribution in [2.75, 3.05) is 12.3 Å². The fourth-order valence-electron chi connectivity index (χ4n) is 3.54. The highest BCUT2D eigenvalue weighted by atomic mass is 32.2. The van der Waals surface area contributed by atoms with Gasteiger partial charge in [-0.2, -0.15) is 0 Å². The molecule has 0 aliphatic carbocycles. The van der Waals surface area contributed by atoms with Gasteiger partial charge < -0.3 is 5.32 Å². The molecule has 0 saturated carbocycles. The quantitative estimate of drug-likeness (QED) is 0.784. The van der Waals surface area contributed by atoms with Crippen molar-refractivity contribution < 1.29 is 8.42 Å². The van der Waals surface area contributed by atoms with Gasteiger partial charge >= 0.3 is 0 Å². The smallest absolute Gasteiger partial charge is 0.211 e. The van der Waals surface area contributed by atoms with Gasteiger partial charge in [0.15, 0.2) is 0 Å². The van der Waals surface area contributed by atoms with E-state index >= 15 is 0 Å². The number of aryl methyl sites for hydroxylation is 1. The van der Waals surface area contributed by atoms with Crippen molar-refractivity contribution in [1.29, 1.82) is 0 Å². The summed E-state index contributed by atoms with van der Waals surface area (Å²) in [6.07, 6.45) is 3.76. The monoisotopic (exact) mass is 372 g/mol. The van der Waals surface area contributed by atoms with Crippen LogP contribution in [0.4, 0.5) is 0 Å². The van der Waals surface area contributed by atoms with Crippen molar-refractivity contribution >= 4 is 10.0 Å². The van der Waals surface area contributed by atoms with E-state index in [1.807, 2.05) is 13.0 Å². The lowest BCUT2D eigenvalue weighted by atomic mass is 9.92. The van der Waals surface area contributed by atoms with Gasteiger partial charge in [0.25, 0.3) is 0 Å². The first kappa shape index (κ1) is 19.1. The first-order valence-electron chi connectivity index (χ1n) is 9.44. The van der Waals surface area contributed by atoms with Gasteiger partial charge in [0.1, 0.15) is 0 Å². The molecule has 5 heteroatoms. The zero-order valence-corrected chi connectivity index (χ0v) is 16.2. The summed E-state index contributed by atoms with van der Waals surface area (Å²) in [6, 6.07) is 17.2. The number of benzene rings is 2. The van der Waals surface area contributed by atoms with Gasteiger partial charge in [0, 0.05) is 12.6 Å². The van der Waals surface area contributed by atoms with Crippen LogP contribution >= 0.6 is 0 Å². The average molecular weight is 373 g/mol. The molecule has 2 N–H and O–H groups in total. The van der Waals surface area contributed by atoms with Crippen LogP contribution in [0.15, 0.2) is 48.5 Å². The van der Waals surface area contributed by atoms with E-state index in [0.717, 1.165) is 31.4 Å². The Labute approximate surface area is 157 Å². The molecule has 4 nitrogen and oxygen atoms in total. The second-order valence-corrected chi connectivity index (χ2v) is 8.90. The van der Waals surface area contributed by atoms with Crippen molar-refractivity contribution in [2.45, 2.75) is 45.2 Å². The van der Waals surface area contributed by atoms with Gasteiger partial charge in [0.2, 0.25) is 10.0 Å². The van der Waals surface area contributed by atoms with Crippen LogP contribution < -0.4 is 10.0 Å². The van der Waals surface area contributed by atoms with Crippen LogP contribution in [0, 0.1) is 0 Å². The zero-order chi connectivity index (χ0) is 18.4. The molecule has 26 heavy (non-hydrogen) atoms. The Balaban J connectivity index is 1.80. The summed E-state index contributed by atoms with van der Waals surface area (Å²) in [5.41, 5.74) is 5.01. The molecule has 2 aromatic rings. The van der Waals surface area contributed by atoms with Crippen LogP contribution in [0.2, 0.25) is 0 Å². The number of nitrogens with one attached hydrogen (secondary N) is 2. The molecule has 1 atom stereocenters. The molecular formula is C21H28N2O2S. The lowest BCUT2D eigenvalue weighted by Crippen LogP contribution is -2.26. The second-order valence-electron chi connectivity index (χ2n) is 6.97. The van der Waals surface area contributed by atoms with Crippen molar-refractivity contribution in [1.82, 2.24) is 10.0 Å². The SMILES string of the molecule is CCCS(=O)(=O)NCc1ccc2c(c1)C(Cc1ccccc1)NCCC2. The Kier molecular flexibility index (Phi) is 6.46. The number of rotatable bonds is 7. The molecule has 140 valence electrons. The third-order valence-corrected chi connectivity index (χ3v) is 6.38. The van der Waals surface area contributed by atoms with Crippen molar-refractivity contribution in [3.63, 3.8) is 0 Å². The van der Waals surface area contributed by atoms with Crippen LogP contribution in [0.5, 0.6) is 0 Å². The predicted molar refractivity (Wildman–Crippen MR) is 107 cm³/mol. The molecule has 0 aromatic heterocycles. The maximum absolute atomic E-state index is 11.9. The minimum Gasteiger partial charge on any atom is -0.310 e. The van der Waals surface area contributed by atoms with E-state index in [0.29, 0.717) is 13.0 Å². The molecule has 0 radical (unpaired) electrons. The van der Waals surface area contributed by atoms with Gasteiger partial charge in [-0.25, -0.2) is 13.1 Å². The fourth-order valence-corrected chi connectivity index (χ4v) is 4.61. The summed E-state index contributed by atoms with van der Waals surface area (Å²) in [6.45, 7) is 3.24. The molecule has 0 saturated heterocycles. The molecule has 0 fully saturated rings. The Hall–Kier alpha value is -1.69. The van der Waals surface area contributed by atoms with Crippen LogP contribution in [0.3, 0.4) is 0 Å². The molecule has 0 spiro atoms. The largest absolute Gasteiger partial charge is 0.310 e. The average Bonchev–Trinajstić information content (AvgIpc) is 2.83. The number of fused-ring (bicyclic) bond motifs is 1. The molecule has 3 rings (SSSR count). The minimum atomic E-state index is -3.19. The molecule has 1 aliphatic heterocycles. The standard InChI is InChI=1S/C21H28N2O2S/c1-2-13-26(24,25)23-16-18-10-11-19-9-6-12-22-21(20(19)14-18)15-17-7-4-3-5-8-17/h3-5,7-8,10-11,14,21-23H,2,6,9,12-13,15-16H2,1H3. The second kappa shape index (κ2) is 8.80. The van der Waals surface area contributed by atoms with E-state index in [9.17, 15) is 8.42 Å². The molecule has 1 unspecified atom stereocenters. The Morgan fingerprint density at radius 3 is 2.69 bits per heavy atom. The van der Waals surface area contributed by atoms with Crippen molar-refractivity contribution in [3.8, 4) is 0 Å². The van der Waals surface area contributed by atoms with Crippen LogP contribution in [0.1, 0.15) is 48.1 Å². The van der Waals surface area contributed by atoms with Crippen LogP contribution in [-0.2, 0) is 29.4 Å². The van der Waals surface area contributed by atoms with E-state index < -0.39 is 10.0 Å². The molecule has 0 amide bonds. The van der Waals surface area contributed by atoms with Crippen molar-refractivity contribution in [2.24, 2.45) is 0 Å². The van der Waals surface area contributed by atoms with Crippen LogP contribution in [0.25, 0.3) is 0 Å². The highest BCUT2D eigenvalue weighted by molar-refractivity contribution is 7.89. The summed E-state index contributed by atoms with van der Waals surface area (Å²) < 4.78 is 26.6. The summed E-state index contributed by atoms with van der Waals surface area (Å²) in [5, 5.41) is 3.67. The van der Waals surface area contributed by atoms with Gasteiger partial charge in [-0.15, -0.1) is 0 Å². The first-order valence-corrected chi connectivity index (χ1v) is 11.1. The summed E-state index contributed by atoms with van der Waals surface area (Å²) in [4.78, 5) is 0. The van der Waals surface area contributed by atoms with E-state index in [1.165, 1.54) is 16.7 Å². The van der Waals surface area contributed by atoms with E-state index in [-0.39, 0.29) is 11.8 Å². The third kappa shape index (κ3) is 5.16. The number of hydrogen-bond donors (Lipinski definition) is 2. The van der Waals surface area contributed by atoms with E-state index in [2.05, 4.69) is 52.5 Å². The highest BCUT2D eigenvalue weighted by Crippen LogP contribution is 2.27. The number of hydrogen-bond acceptors (Lipinski definition) is 3. The normalized spacial score (nSPS) is 17.5. The Morgan fingerprint density at radius 2 is 1.92 bits per heavy atom. The summed E-state index contributed by atoms with van der Waals surface area (Å²) in [5.74, 6) is 0.177. The van der Waals surface area contributed by atoms with Gasteiger partial charge in [-0.1, -0.05) is 55.5 Å². The van der Waals surface area contributed by atoms with Gasteiger partial charge in [-0.05, 0) is 54.5 Å². The van der Waals surface area contributed by atoms with E-state index in [4.69, 9.17) is 0 Å². The molecule has 2 aromatic carbocycles. The molecular weight excluding hydrogens is 344 g/mol. The number of sulfonamides is 1. The Morgan fingerprint density at radius 1 is 1.12 bits per heavy atom. The molecule has 0 bridgehead atoms. The minimum absolute atomic E-state index is 0.177. The van der Waals surface area contributed by atoms with Crippen LogP contribution in [-0.4, -0.2) is 20.7 Å². The van der Waals surface area contributed by atoms with Gasteiger partial charge in [-0.3, -0.25) is 0 Å².